The first-order valence-corrected chi connectivity index (χ1v) is 7.32. The van der Waals surface area contributed by atoms with Crippen LogP contribution in [0.2, 0.25) is 0 Å². The van der Waals surface area contributed by atoms with E-state index in [1.54, 1.807) is 0 Å². The van der Waals surface area contributed by atoms with Gasteiger partial charge in [0.05, 0.1) is 0 Å². The summed E-state index contributed by atoms with van der Waals surface area (Å²) in [6.07, 6.45) is 17.8. The van der Waals surface area contributed by atoms with Gasteiger partial charge in [0.15, 0.2) is 0 Å². The number of hydrogen-bond acceptors (Lipinski definition) is 0. The minimum Gasteiger partial charge on any atom is -0.0873 e. The zero-order valence-corrected chi connectivity index (χ0v) is 8.77. The summed E-state index contributed by atoms with van der Waals surface area (Å²) in [7, 11) is 2.14. The fourth-order valence-electron chi connectivity index (χ4n) is 1.25. The minimum atomic E-state index is 0.741. The molecular weight excluding hydrogens is 182 g/mol. The largest absolute Gasteiger partial charge is 0.0873 e. The molecular formula is C10H12P2. The van der Waals surface area contributed by atoms with E-state index in [9.17, 15) is 0 Å². The lowest BCUT2D eigenvalue weighted by atomic mass is 10.5. The van der Waals surface area contributed by atoms with Crippen molar-refractivity contribution < 1.29 is 0 Å². The van der Waals surface area contributed by atoms with E-state index < -0.39 is 0 Å². The van der Waals surface area contributed by atoms with Crippen molar-refractivity contribution in [1.82, 2.24) is 0 Å². The molecule has 2 aliphatic carbocycles. The Morgan fingerprint density at radius 1 is 0.583 bits per heavy atom. The molecule has 0 bridgehead atoms. The Kier molecular flexibility index (Phi) is 2.93. The SMILES string of the molecule is C1=CC(PPC2C=CC=C2)C=C1. The van der Waals surface area contributed by atoms with Gasteiger partial charge < -0.3 is 0 Å². The van der Waals surface area contributed by atoms with Gasteiger partial charge >= 0.3 is 0 Å². The smallest absolute Gasteiger partial charge is 0.0166 e. The standard InChI is InChI=1S/C10H12P2/c1-2-6-9(5-1)11-12-10-7-3-4-8-10/h1-12H. The van der Waals surface area contributed by atoms with E-state index in [0.717, 1.165) is 27.9 Å². The normalized spacial score (nSPS) is 23.7. The molecule has 0 spiro atoms. The number of hydrogen-bond donors (Lipinski definition) is 0. The zero-order chi connectivity index (χ0) is 8.23. The monoisotopic (exact) mass is 194 g/mol. The molecule has 0 N–H and O–H groups in total. The molecule has 0 amide bonds. The lowest BCUT2D eigenvalue weighted by Gasteiger charge is -2.08. The van der Waals surface area contributed by atoms with E-state index in [2.05, 4.69) is 48.6 Å². The lowest BCUT2D eigenvalue weighted by molar-refractivity contribution is 1.45. The Balaban J connectivity index is 1.74. The van der Waals surface area contributed by atoms with Crippen molar-refractivity contribution in [3.63, 3.8) is 0 Å². The van der Waals surface area contributed by atoms with Crippen molar-refractivity contribution in [2.75, 3.05) is 0 Å². The minimum absolute atomic E-state index is 0.741. The summed E-state index contributed by atoms with van der Waals surface area (Å²) in [5.74, 6) is 0. The van der Waals surface area contributed by atoms with Crippen LogP contribution in [0, 0.1) is 0 Å². The molecule has 62 valence electrons. The van der Waals surface area contributed by atoms with Crippen LogP contribution in [0.25, 0.3) is 0 Å². The molecule has 2 rings (SSSR count). The van der Waals surface area contributed by atoms with Crippen molar-refractivity contribution in [1.29, 1.82) is 0 Å². The van der Waals surface area contributed by atoms with Gasteiger partial charge in [0.25, 0.3) is 0 Å². The molecule has 0 heterocycles. The number of rotatable bonds is 3. The third kappa shape index (κ3) is 2.16. The molecule has 0 aromatic carbocycles. The highest BCUT2D eigenvalue weighted by Crippen LogP contribution is 2.48. The Hall–Kier alpha value is -0.180. The van der Waals surface area contributed by atoms with Crippen LogP contribution < -0.4 is 0 Å². The summed E-state index contributed by atoms with van der Waals surface area (Å²) >= 11 is 0. The molecule has 0 aromatic heterocycles. The van der Waals surface area contributed by atoms with Crippen molar-refractivity contribution in [2.24, 2.45) is 0 Å². The van der Waals surface area contributed by atoms with Gasteiger partial charge in [0.2, 0.25) is 0 Å². The van der Waals surface area contributed by atoms with Crippen molar-refractivity contribution >= 4 is 16.5 Å². The summed E-state index contributed by atoms with van der Waals surface area (Å²) in [6, 6.07) is 0. The Morgan fingerprint density at radius 2 is 0.917 bits per heavy atom. The van der Waals surface area contributed by atoms with Crippen LogP contribution >= 0.6 is 16.5 Å². The molecule has 0 aromatic rings. The van der Waals surface area contributed by atoms with Crippen LogP contribution in [-0.4, -0.2) is 11.3 Å². The van der Waals surface area contributed by atoms with Crippen LogP contribution in [-0.2, 0) is 0 Å². The first-order valence-electron chi connectivity index (χ1n) is 4.16. The van der Waals surface area contributed by atoms with Gasteiger partial charge in [-0.25, -0.2) is 0 Å². The zero-order valence-electron chi connectivity index (χ0n) is 6.77. The van der Waals surface area contributed by atoms with Crippen LogP contribution in [0.3, 0.4) is 0 Å². The van der Waals surface area contributed by atoms with Crippen LogP contribution in [0.1, 0.15) is 0 Å². The van der Waals surface area contributed by atoms with Gasteiger partial charge in [0.1, 0.15) is 0 Å². The van der Waals surface area contributed by atoms with E-state index in [-0.39, 0.29) is 0 Å². The van der Waals surface area contributed by atoms with Gasteiger partial charge in [0, 0.05) is 11.3 Å². The molecule has 0 radical (unpaired) electrons. The predicted molar refractivity (Wildman–Crippen MR) is 60.8 cm³/mol. The van der Waals surface area contributed by atoms with Crippen molar-refractivity contribution in [3.8, 4) is 0 Å². The topological polar surface area (TPSA) is 0 Å². The first kappa shape index (κ1) is 8.42. The van der Waals surface area contributed by atoms with E-state index >= 15 is 0 Å². The molecule has 0 saturated carbocycles. The maximum absolute atomic E-state index is 2.30. The van der Waals surface area contributed by atoms with Crippen LogP contribution in [0.5, 0.6) is 0 Å². The summed E-state index contributed by atoms with van der Waals surface area (Å²) in [5.41, 5.74) is 1.48. The fraction of sp³-hybridized carbons (Fsp3) is 0.200. The number of allylic oxidation sites excluding steroid dienone is 8. The van der Waals surface area contributed by atoms with Gasteiger partial charge in [-0.1, -0.05) is 65.1 Å². The first-order chi connectivity index (χ1) is 5.95. The molecule has 2 heteroatoms. The molecule has 2 atom stereocenters. The second kappa shape index (κ2) is 4.17. The highest BCUT2D eigenvalue weighted by molar-refractivity contribution is 8.12. The Labute approximate surface area is 77.0 Å². The quantitative estimate of drug-likeness (QED) is 0.605. The third-order valence-corrected chi connectivity index (χ3v) is 6.02. The van der Waals surface area contributed by atoms with Crippen LogP contribution in [0.4, 0.5) is 0 Å². The van der Waals surface area contributed by atoms with Gasteiger partial charge in [-0.3, -0.25) is 0 Å². The summed E-state index contributed by atoms with van der Waals surface area (Å²) in [4.78, 5) is 0. The van der Waals surface area contributed by atoms with E-state index in [4.69, 9.17) is 0 Å². The second-order valence-corrected chi connectivity index (χ2v) is 6.52. The van der Waals surface area contributed by atoms with Crippen LogP contribution in [0.15, 0.2) is 48.6 Å². The maximum atomic E-state index is 2.30. The lowest BCUT2D eigenvalue weighted by Crippen LogP contribution is -1.86. The Bertz CT molecular complexity index is 209. The maximum Gasteiger partial charge on any atom is 0.0166 e. The molecule has 12 heavy (non-hydrogen) atoms. The fourth-order valence-corrected chi connectivity index (χ4v) is 4.77. The average molecular weight is 194 g/mol. The molecule has 0 aliphatic heterocycles. The van der Waals surface area contributed by atoms with E-state index in [0.29, 0.717) is 0 Å². The summed E-state index contributed by atoms with van der Waals surface area (Å²) < 4.78 is 0. The molecule has 2 aliphatic rings. The summed E-state index contributed by atoms with van der Waals surface area (Å²) in [5, 5.41) is 0. The highest BCUT2D eigenvalue weighted by Gasteiger charge is 2.07. The third-order valence-electron chi connectivity index (χ3n) is 1.91. The van der Waals surface area contributed by atoms with Gasteiger partial charge in [-0.05, 0) is 0 Å². The van der Waals surface area contributed by atoms with Gasteiger partial charge in [-0.2, -0.15) is 0 Å². The Morgan fingerprint density at radius 3 is 1.25 bits per heavy atom. The molecule has 0 nitrogen and oxygen atoms in total. The molecule has 0 saturated heterocycles. The highest BCUT2D eigenvalue weighted by atomic mass is 32.0. The summed E-state index contributed by atoms with van der Waals surface area (Å²) in [6.45, 7) is 0. The van der Waals surface area contributed by atoms with E-state index in [1.165, 1.54) is 0 Å². The molecule has 2 unspecified atom stereocenters. The average Bonchev–Trinajstić information content (AvgIpc) is 2.74. The predicted octanol–water partition coefficient (Wildman–Crippen LogP) is 3.25. The molecule has 0 fully saturated rings. The van der Waals surface area contributed by atoms with Crippen molar-refractivity contribution in [2.45, 2.75) is 11.3 Å². The van der Waals surface area contributed by atoms with E-state index in [1.807, 2.05) is 0 Å². The van der Waals surface area contributed by atoms with Gasteiger partial charge in [-0.15, -0.1) is 0 Å². The van der Waals surface area contributed by atoms with Crippen molar-refractivity contribution in [3.05, 3.63) is 48.6 Å². The second-order valence-electron chi connectivity index (χ2n) is 2.88.